The lowest BCUT2D eigenvalue weighted by Gasteiger charge is -2.20. The van der Waals surface area contributed by atoms with Crippen LogP contribution in [0, 0.1) is 5.41 Å². The van der Waals surface area contributed by atoms with Crippen LogP contribution in [0.1, 0.15) is 44.5 Å². The van der Waals surface area contributed by atoms with Crippen LogP contribution in [0.4, 0.5) is 0 Å². The van der Waals surface area contributed by atoms with Crippen LogP contribution in [-0.4, -0.2) is 18.4 Å². The third kappa shape index (κ3) is 4.09. The first-order chi connectivity index (χ1) is 8.90. The van der Waals surface area contributed by atoms with Crippen LogP contribution in [-0.2, 0) is 4.79 Å². The van der Waals surface area contributed by atoms with Crippen molar-refractivity contribution in [1.29, 1.82) is 0 Å². The molecule has 104 valence electrons. The first-order valence-corrected chi connectivity index (χ1v) is 6.51. The monoisotopic (exact) mass is 263 g/mol. The number of hydrogen-bond donors (Lipinski definition) is 1. The van der Waals surface area contributed by atoms with Crippen LogP contribution in [0.15, 0.2) is 24.3 Å². The third-order valence-electron chi connectivity index (χ3n) is 3.10. The number of benzene rings is 1. The maximum Gasteiger partial charge on any atom is 0.316 e. The summed E-state index contributed by atoms with van der Waals surface area (Å²) in [7, 11) is 0. The topological polar surface area (TPSA) is 55.4 Å². The Balaban J connectivity index is 2.72. The Morgan fingerprint density at radius 1 is 1.16 bits per heavy atom. The number of nitrogens with one attached hydrogen (secondary N) is 1. The molecule has 0 aliphatic carbocycles. The van der Waals surface area contributed by atoms with Crippen LogP contribution in [0.3, 0.4) is 0 Å². The first kappa shape index (κ1) is 15.2. The van der Waals surface area contributed by atoms with Crippen molar-refractivity contribution in [3.8, 4) is 5.75 Å². The second kappa shape index (κ2) is 6.36. The van der Waals surface area contributed by atoms with Crippen LogP contribution in [0.2, 0.25) is 0 Å². The minimum absolute atomic E-state index is 0.130. The first-order valence-electron chi connectivity index (χ1n) is 6.51. The molecule has 19 heavy (non-hydrogen) atoms. The fourth-order valence-electron chi connectivity index (χ4n) is 1.33. The van der Waals surface area contributed by atoms with Crippen LogP contribution in [0.25, 0.3) is 0 Å². The molecule has 0 saturated heterocycles. The van der Waals surface area contributed by atoms with E-state index >= 15 is 0 Å². The lowest BCUT2D eigenvalue weighted by atomic mass is 9.91. The van der Waals surface area contributed by atoms with E-state index in [1.807, 2.05) is 27.7 Å². The van der Waals surface area contributed by atoms with E-state index in [-0.39, 0.29) is 11.9 Å². The molecule has 1 aromatic rings. The molecule has 0 saturated carbocycles. The van der Waals surface area contributed by atoms with E-state index < -0.39 is 5.41 Å². The molecule has 1 N–H and O–H groups in total. The van der Waals surface area contributed by atoms with Crippen molar-refractivity contribution in [2.24, 2.45) is 5.41 Å². The second-order valence-corrected chi connectivity index (χ2v) is 5.01. The molecule has 1 aromatic carbocycles. The van der Waals surface area contributed by atoms with E-state index in [1.54, 1.807) is 24.3 Å². The Bertz CT molecular complexity index is 449. The Morgan fingerprint density at radius 2 is 1.74 bits per heavy atom. The predicted molar refractivity (Wildman–Crippen MR) is 74.2 cm³/mol. The lowest BCUT2D eigenvalue weighted by Crippen LogP contribution is -2.28. The maximum absolute atomic E-state index is 11.9. The predicted octanol–water partition coefficient (Wildman–Crippen LogP) is 2.78. The molecule has 1 rings (SSSR count). The molecule has 0 aromatic heterocycles. The van der Waals surface area contributed by atoms with Gasteiger partial charge in [-0.2, -0.15) is 0 Å². The van der Waals surface area contributed by atoms with Crippen molar-refractivity contribution in [2.75, 3.05) is 6.54 Å². The summed E-state index contributed by atoms with van der Waals surface area (Å²) in [4.78, 5) is 23.4. The van der Waals surface area contributed by atoms with E-state index in [0.29, 0.717) is 24.3 Å². The number of carbonyl (C=O) groups is 2. The summed E-state index contributed by atoms with van der Waals surface area (Å²) in [5.41, 5.74) is 0.0505. The highest BCUT2D eigenvalue weighted by Gasteiger charge is 2.27. The summed E-state index contributed by atoms with van der Waals surface area (Å²) in [6.07, 6.45) is 0.711. The summed E-state index contributed by atoms with van der Waals surface area (Å²) in [6.45, 7) is 8.08. The summed E-state index contributed by atoms with van der Waals surface area (Å²) in [5.74, 6) is 0.0644. The van der Waals surface area contributed by atoms with Gasteiger partial charge >= 0.3 is 5.97 Å². The molecule has 0 spiro atoms. The van der Waals surface area contributed by atoms with Gasteiger partial charge in [-0.1, -0.05) is 6.92 Å². The zero-order valence-corrected chi connectivity index (χ0v) is 11.9. The molecular weight excluding hydrogens is 242 g/mol. The zero-order valence-electron chi connectivity index (χ0n) is 11.9. The van der Waals surface area contributed by atoms with Gasteiger partial charge in [0, 0.05) is 12.1 Å². The van der Waals surface area contributed by atoms with Crippen LogP contribution in [0.5, 0.6) is 5.75 Å². The zero-order chi connectivity index (χ0) is 14.5. The fourth-order valence-corrected chi connectivity index (χ4v) is 1.33. The number of rotatable bonds is 5. The van der Waals surface area contributed by atoms with Crippen LogP contribution < -0.4 is 10.1 Å². The van der Waals surface area contributed by atoms with Crippen molar-refractivity contribution in [3.05, 3.63) is 29.8 Å². The van der Waals surface area contributed by atoms with E-state index in [4.69, 9.17) is 4.74 Å². The van der Waals surface area contributed by atoms with Crippen molar-refractivity contribution in [2.45, 2.75) is 34.1 Å². The maximum atomic E-state index is 11.9. The van der Waals surface area contributed by atoms with Gasteiger partial charge in [0.15, 0.2) is 0 Å². The van der Waals surface area contributed by atoms with Crippen molar-refractivity contribution < 1.29 is 14.3 Å². The average Bonchev–Trinajstić information content (AvgIpc) is 2.39. The molecule has 4 heteroatoms. The number of carbonyl (C=O) groups excluding carboxylic acids is 2. The van der Waals surface area contributed by atoms with E-state index in [1.165, 1.54) is 0 Å². The molecule has 0 aliphatic heterocycles. The molecule has 0 fully saturated rings. The summed E-state index contributed by atoms with van der Waals surface area (Å²) < 4.78 is 5.29. The number of hydrogen-bond acceptors (Lipinski definition) is 3. The largest absolute Gasteiger partial charge is 0.426 e. The normalized spacial score (nSPS) is 10.9. The van der Waals surface area contributed by atoms with Gasteiger partial charge in [0.05, 0.1) is 5.41 Å². The van der Waals surface area contributed by atoms with Gasteiger partial charge in [-0.25, -0.2) is 0 Å². The second-order valence-electron chi connectivity index (χ2n) is 5.01. The van der Waals surface area contributed by atoms with Crippen LogP contribution >= 0.6 is 0 Å². The highest BCUT2D eigenvalue weighted by atomic mass is 16.5. The lowest BCUT2D eigenvalue weighted by molar-refractivity contribution is -0.144. The molecule has 1 amide bonds. The minimum atomic E-state index is -0.502. The minimum Gasteiger partial charge on any atom is -0.426 e. The van der Waals surface area contributed by atoms with E-state index in [0.717, 1.165) is 0 Å². The molecule has 0 heterocycles. The van der Waals surface area contributed by atoms with Gasteiger partial charge in [-0.3, -0.25) is 9.59 Å². The molecular formula is C15H21NO3. The van der Waals surface area contributed by atoms with E-state index in [2.05, 4.69) is 5.32 Å². The van der Waals surface area contributed by atoms with Crippen molar-refractivity contribution in [1.82, 2.24) is 5.32 Å². The van der Waals surface area contributed by atoms with Gasteiger partial charge in [0.2, 0.25) is 0 Å². The Labute approximate surface area is 114 Å². The molecule has 0 atom stereocenters. The Hall–Kier alpha value is -1.84. The highest BCUT2D eigenvalue weighted by molar-refractivity contribution is 5.94. The Morgan fingerprint density at radius 3 is 2.21 bits per heavy atom. The van der Waals surface area contributed by atoms with Gasteiger partial charge < -0.3 is 10.1 Å². The number of esters is 1. The SMILES string of the molecule is CCNC(=O)c1ccc(OC(=O)C(C)(C)CC)cc1. The number of amides is 1. The standard InChI is InChI=1S/C15H21NO3/c1-5-15(3,4)14(18)19-12-9-7-11(8-10-12)13(17)16-6-2/h7-10H,5-6H2,1-4H3,(H,16,17). The van der Waals surface area contributed by atoms with Crippen molar-refractivity contribution >= 4 is 11.9 Å². The molecule has 4 nitrogen and oxygen atoms in total. The molecule has 0 radical (unpaired) electrons. The smallest absolute Gasteiger partial charge is 0.316 e. The summed E-state index contributed by atoms with van der Waals surface area (Å²) in [5, 5.41) is 2.71. The van der Waals surface area contributed by atoms with Gasteiger partial charge in [-0.05, 0) is 51.5 Å². The van der Waals surface area contributed by atoms with E-state index in [9.17, 15) is 9.59 Å². The fraction of sp³-hybridized carbons (Fsp3) is 0.467. The van der Waals surface area contributed by atoms with Gasteiger partial charge in [0.25, 0.3) is 5.91 Å². The number of ether oxygens (including phenoxy) is 1. The average molecular weight is 263 g/mol. The third-order valence-corrected chi connectivity index (χ3v) is 3.10. The van der Waals surface area contributed by atoms with Gasteiger partial charge in [-0.15, -0.1) is 0 Å². The van der Waals surface area contributed by atoms with Crippen molar-refractivity contribution in [3.63, 3.8) is 0 Å². The molecule has 0 aliphatic rings. The molecule has 0 bridgehead atoms. The molecule has 0 unspecified atom stereocenters. The quantitative estimate of drug-likeness (QED) is 0.656. The Kier molecular flexibility index (Phi) is 5.10. The summed E-state index contributed by atoms with van der Waals surface area (Å²) in [6, 6.07) is 6.56. The van der Waals surface area contributed by atoms with Gasteiger partial charge in [0.1, 0.15) is 5.75 Å². The highest BCUT2D eigenvalue weighted by Crippen LogP contribution is 2.23. The summed E-state index contributed by atoms with van der Waals surface area (Å²) >= 11 is 0.